The second-order valence-electron chi connectivity index (χ2n) is 5.69. The topological polar surface area (TPSA) is 62.2 Å². The lowest BCUT2D eigenvalue weighted by atomic mass is 10.1. The Labute approximate surface area is 134 Å². The number of pyridine rings is 1. The van der Waals surface area contributed by atoms with Gasteiger partial charge in [-0.05, 0) is 50.1 Å². The molecule has 2 aromatic rings. The van der Waals surface area contributed by atoms with Gasteiger partial charge in [-0.2, -0.15) is 0 Å². The van der Waals surface area contributed by atoms with Gasteiger partial charge in [-0.1, -0.05) is 12.0 Å². The van der Waals surface area contributed by atoms with Crippen LogP contribution in [0.15, 0.2) is 42.6 Å². The number of hydrogen-bond acceptors (Lipinski definition) is 3. The summed E-state index contributed by atoms with van der Waals surface area (Å²) < 4.78 is 13.1. The third-order valence-electron chi connectivity index (χ3n) is 3.03. The van der Waals surface area contributed by atoms with Gasteiger partial charge in [0.25, 0.3) is 5.91 Å². The number of nitrogens with one attached hydrogen (secondary N) is 1. The van der Waals surface area contributed by atoms with Crippen molar-refractivity contribution in [3.05, 3.63) is 65.2 Å². The van der Waals surface area contributed by atoms with E-state index in [1.807, 2.05) is 0 Å². The summed E-state index contributed by atoms with van der Waals surface area (Å²) in [4.78, 5) is 16.1. The van der Waals surface area contributed by atoms with E-state index >= 15 is 0 Å². The van der Waals surface area contributed by atoms with Crippen LogP contribution in [0.4, 0.5) is 4.39 Å². The van der Waals surface area contributed by atoms with Crippen molar-refractivity contribution in [1.29, 1.82) is 0 Å². The zero-order chi connectivity index (χ0) is 16.9. The van der Waals surface area contributed by atoms with Crippen LogP contribution in [0.25, 0.3) is 0 Å². The third kappa shape index (κ3) is 4.90. The molecular formula is C18H17FN2O2. The number of amides is 1. The molecule has 1 amide bonds. The van der Waals surface area contributed by atoms with Gasteiger partial charge < -0.3 is 10.4 Å². The molecule has 2 N–H and O–H groups in total. The second-order valence-corrected chi connectivity index (χ2v) is 5.69. The van der Waals surface area contributed by atoms with Gasteiger partial charge in [-0.3, -0.25) is 4.79 Å². The van der Waals surface area contributed by atoms with Crippen molar-refractivity contribution in [2.24, 2.45) is 0 Å². The molecule has 4 nitrogen and oxygen atoms in total. The van der Waals surface area contributed by atoms with Gasteiger partial charge in [0, 0.05) is 11.8 Å². The van der Waals surface area contributed by atoms with Gasteiger partial charge in [0.2, 0.25) is 0 Å². The summed E-state index contributed by atoms with van der Waals surface area (Å²) in [6, 6.07) is 9.20. The summed E-state index contributed by atoms with van der Waals surface area (Å²) in [5, 5.41) is 11.9. The number of rotatable bonds is 3. The van der Waals surface area contributed by atoms with Crippen molar-refractivity contribution >= 4 is 5.91 Å². The van der Waals surface area contributed by atoms with E-state index < -0.39 is 5.54 Å². The van der Waals surface area contributed by atoms with Crippen molar-refractivity contribution < 1.29 is 14.3 Å². The second kappa shape index (κ2) is 7.03. The summed E-state index contributed by atoms with van der Waals surface area (Å²) in [5.74, 6) is 4.96. The first-order valence-electron chi connectivity index (χ1n) is 7.07. The van der Waals surface area contributed by atoms with Crippen LogP contribution in [-0.4, -0.2) is 28.1 Å². The molecule has 0 aliphatic heterocycles. The van der Waals surface area contributed by atoms with E-state index in [0.29, 0.717) is 16.8 Å². The molecule has 0 atom stereocenters. The van der Waals surface area contributed by atoms with E-state index in [4.69, 9.17) is 5.11 Å². The number of aliphatic hydroxyl groups excluding tert-OH is 1. The van der Waals surface area contributed by atoms with Crippen molar-refractivity contribution in [2.75, 3.05) is 6.61 Å². The number of carbonyl (C=O) groups excluding carboxylic acids is 1. The van der Waals surface area contributed by atoms with E-state index in [9.17, 15) is 9.18 Å². The Morgan fingerprint density at radius 3 is 2.70 bits per heavy atom. The van der Waals surface area contributed by atoms with Crippen LogP contribution in [-0.2, 0) is 0 Å². The fraction of sp³-hybridized carbons (Fsp3) is 0.222. The van der Waals surface area contributed by atoms with E-state index in [-0.39, 0.29) is 18.3 Å². The van der Waals surface area contributed by atoms with Crippen LogP contribution in [0.3, 0.4) is 0 Å². The van der Waals surface area contributed by atoms with Crippen molar-refractivity contribution in [1.82, 2.24) is 10.3 Å². The summed E-state index contributed by atoms with van der Waals surface area (Å²) in [6.45, 7) is 3.28. The zero-order valence-corrected chi connectivity index (χ0v) is 12.9. The molecule has 1 aromatic heterocycles. The van der Waals surface area contributed by atoms with Crippen LogP contribution in [0.5, 0.6) is 0 Å². The molecule has 118 valence electrons. The predicted octanol–water partition coefficient (Wildman–Crippen LogP) is 2.12. The Morgan fingerprint density at radius 1 is 1.30 bits per heavy atom. The highest BCUT2D eigenvalue weighted by Crippen LogP contribution is 2.06. The Bertz CT molecular complexity index is 759. The molecular weight excluding hydrogens is 295 g/mol. The monoisotopic (exact) mass is 312 g/mol. The van der Waals surface area contributed by atoms with E-state index in [2.05, 4.69) is 22.1 Å². The lowest BCUT2D eigenvalue weighted by Gasteiger charge is -2.23. The van der Waals surface area contributed by atoms with Crippen LogP contribution in [0.2, 0.25) is 0 Å². The van der Waals surface area contributed by atoms with Gasteiger partial charge in [-0.25, -0.2) is 9.37 Å². The fourth-order valence-corrected chi connectivity index (χ4v) is 1.72. The number of nitrogens with zero attached hydrogens (tertiary/aromatic N) is 1. The smallest absolute Gasteiger partial charge is 0.253 e. The number of hydrogen-bond donors (Lipinski definition) is 2. The molecule has 1 aromatic carbocycles. The molecule has 0 spiro atoms. The molecule has 23 heavy (non-hydrogen) atoms. The first kappa shape index (κ1) is 16.7. The minimum absolute atomic E-state index is 0.163. The Kier molecular flexibility index (Phi) is 5.09. The molecule has 0 bridgehead atoms. The van der Waals surface area contributed by atoms with Gasteiger partial charge in [0.05, 0.1) is 17.7 Å². The third-order valence-corrected chi connectivity index (χ3v) is 3.03. The molecule has 5 heteroatoms. The van der Waals surface area contributed by atoms with Crippen LogP contribution in [0.1, 0.15) is 35.5 Å². The van der Waals surface area contributed by atoms with Crippen LogP contribution in [0, 0.1) is 17.7 Å². The van der Waals surface area contributed by atoms with Crippen LogP contribution < -0.4 is 5.32 Å². The Hall–Kier alpha value is -2.71. The molecule has 1 heterocycles. The molecule has 0 saturated heterocycles. The Morgan fingerprint density at radius 2 is 2.09 bits per heavy atom. The quantitative estimate of drug-likeness (QED) is 0.854. The van der Waals surface area contributed by atoms with Crippen LogP contribution >= 0.6 is 0 Å². The normalized spacial score (nSPS) is 10.6. The largest absolute Gasteiger partial charge is 0.394 e. The number of halogens is 1. The SMILES string of the molecule is CC(C)(CO)NC(=O)c1ccc(C#Cc2cccc(F)c2)nc1. The van der Waals surface area contributed by atoms with E-state index in [0.717, 1.165) is 0 Å². The highest BCUT2D eigenvalue weighted by molar-refractivity contribution is 5.94. The molecule has 2 rings (SSSR count). The minimum atomic E-state index is -0.701. The standard InChI is InChI=1S/C18H17FN2O2/c1-18(2,12-22)21-17(23)14-7-9-16(20-11-14)8-6-13-4-3-5-15(19)10-13/h3-5,7,9-11,22H,12H2,1-2H3,(H,21,23). The summed E-state index contributed by atoms with van der Waals surface area (Å²) in [5.41, 5.74) is 0.709. The summed E-state index contributed by atoms with van der Waals surface area (Å²) in [7, 11) is 0. The number of aromatic nitrogens is 1. The molecule has 0 aliphatic carbocycles. The predicted molar refractivity (Wildman–Crippen MR) is 85.2 cm³/mol. The number of carbonyl (C=O) groups is 1. The van der Waals surface area contributed by atoms with Gasteiger partial charge >= 0.3 is 0 Å². The summed E-state index contributed by atoms with van der Waals surface area (Å²) >= 11 is 0. The molecule has 0 radical (unpaired) electrons. The lowest BCUT2D eigenvalue weighted by molar-refractivity contribution is 0.0869. The average Bonchev–Trinajstić information content (AvgIpc) is 2.53. The maximum atomic E-state index is 13.1. The molecule has 0 unspecified atom stereocenters. The number of benzene rings is 1. The summed E-state index contributed by atoms with van der Waals surface area (Å²) in [6.07, 6.45) is 1.42. The van der Waals surface area contributed by atoms with Crippen molar-refractivity contribution in [3.63, 3.8) is 0 Å². The highest BCUT2D eigenvalue weighted by Gasteiger charge is 2.19. The molecule has 0 aliphatic rings. The fourth-order valence-electron chi connectivity index (χ4n) is 1.72. The number of aliphatic hydroxyl groups is 1. The lowest BCUT2D eigenvalue weighted by Crippen LogP contribution is -2.46. The first-order valence-corrected chi connectivity index (χ1v) is 7.07. The van der Waals surface area contributed by atoms with Gasteiger partial charge in [0.15, 0.2) is 0 Å². The van der Waals surface area contributed by atoms with Crippen molar-refractivity contribution in [3.8, 4) is 11.8 Å². The molecule has 0 saturated carbocycles. The maximum absolute atomic E-state index is 13.1. The minimum Gasteiger partial charge on any atom is -0.394 e. The highest BCUT2D eigenvalue weighted by atomic mass is 19.1. The van der Waals surface area contributed by atoms with E-state index in [1.54, 1.807) is 38.1 Å². The maximum Gasteiger partial charge on any atom is 0.253 e. The van der Waals surface area contributed by atoms with E-state index in [1.165, 1.54) is 18.3 Å². The molecule has 0 fully saturated rings. The average molecular weight is 312 g/mol. The Balaban J connectivity index is 2.10. The van der Waals surface area contributed by atoms with Gasteiger partial charge in [-0.15, -0.1) is 0 Å². The first-order chi connectivity index (χ1) is 10.9. The zero-order valence-electron chi connectivity index (χ0n) is 12.9. The van der Waals surface area contributed by atoms with Gasteiger partial charge in [0.1, 0.15) is 11.5 Å². The van der Waals surface area contributed by atoms with Crippen molar-refractivity contribution in [2.45, 2.75) is 19.4 Å².